The van der Waals surface area contributed by atoms with Crippen molar-refractivity contribution < 1.29 is 38.5 Å². The van der Waals surface area contributed by atoms with Crippen molar-refractivity contribution >= 4 is 24.1 Å². The predicted octanol–water partition coefficient (Wildman–Crippen LogP) is 2.11. The number of methoxy groups -OCH3 is 1. The summed E-state index contributed by atoms with van der Waals surface area (Å²) in [5.74, 6) is -1.14. The van der Waals surface area contributed by atoms with Crippen molar-refractivity contribution in [3.63, 3.8) is 0 Å². The van der Waals surface area contributed by atoms with E-state index >= 15 is 0 Å². The minimum absolute atomic E-state index is 0.0323. The summed E-state index contributed by atoms with van der Waals surface area (Å²) in [4.78, 5) is 52.2. The van der Waals surface area contributed by atoms with Gasteiger partial charge in [-0.2, -0.15) is 0 Å². The van der Waals surface area contributed by atoms with Crippen LogP contribution in [0.4, 0.5) is 9.59 Å². The second-order valence-corrected chi connectivity index (χ2v) is 9.52. The molecule has 2 rings (SSSR count). The van der Waals surface area contributed by atoms with Gasteiger partial charge in [0.15, 0.2) is 0 Å². The Balaban J connectivity index is 2.16. The second-order valence-electron chi connectivity index (χ2n) is 9.52. The van der Waals surface area contributed by atoms with Crippen LogP contribution in [0, 0.1) is 0 Å². The van der Waals surface area contributed by atoms with Gasteiger partial charge in [-0.15, -0.1) is 0 Å². The molecule has 3 N–H and O–H groups in total. The van der Waals surface area contributed by atoms with Crippen molar-refractivity contribution in [2.75, 3.05) is 20.3 Å². The number of aliphatic hydroxyl groups excluding tert-OH is 1. The highest BCUT2D eigenvalue weighted by molar-refractivity contribution is 5.91. The molecule has 200 valence electrons. The molecule has 0 radical (unpaired) electrons. The number of ether oxygens (including phenoxy) is 3. The number of nitrogens with zero attached hydrogens (tertiary/aromatic N) is 1. The number of carbonyl (C=O) groups is 4. The summed E-state index contributed by atoms with van der Waals surface area (Å²) < 4.78 is 15.4. The lowest BCUT2D eigenvalue weighted by molar-refractivity contribution is -0.153. The van der Waals surface area contributed by atoms with Crippen LogP contribution in [0.15, 0.2) is 30.3 Å². The minimum atomic E-state index is -1.23. The van der Waals surface area contributed by atoms with Gasteiger partial charge in [0.25, 0.3) is 0 Å². The van der Waals surface area contributed by atoms with Crippen molar-refractivity contribution in [1.29, 1.82) is 0 Å². The molecule has 0 aliphatic carbocycles. The average molecular weight is 508 g/mol. The van der Waals surface area contributed by atoms with Crippen LogP contribution in [0.2, 0.25) is 0 Å². The number of esters is 1. The first kappa shape index (κ1) is 28.9. The Morgan fingerprint density at radius 1 is 1.11 bits per heavy atom. The summed E-state index contributed by atoms with van der Waals surface area (Å²) in [5.41, 5.74) is -0.0251. The SMILES string of the molecule is COC(=O)[C@@H]1CCC(CCCO)N1C(=O)[C@H](CNC(=O)OCc1ccccc1)NC(=O)OC(C)(C)C. The van der Waals surface area contributed by atoms with Gasteiger partial charge in [0.05, 0.1) is 13.7 Å². The molecule has 0 aromatic heterocycles. The van der Waals surface area contributed by atoms with Crippen LogP contribution in [-0.4, -0.2) is 78.1 Å². The van der Waals surface area contributed by atoms with Crippen LogP contribution in [-0.2, 0) is 30.4 Å². The zero-order valence-corrected chi connectivity index (χ0v) is 21.3. The van der Waals surface area contributed by atoms with Crippen molar-refractivity contribution in [1.82, 2.24) is 15.5 Å². The first-order valence-corrected chi connectivity index (χ1v) is 12.0. The Labute approximate surface area is 211 Å². The Kier molecular flexibility index (Phi) is 11.0. The summed E-state index contributed by atoms with van der Waals surface area (Å²) in [7, 11) is 1.24. The summed E-state index contributed by atoms with van der Waals surface area (Å²) in [6.45, 7) is 4.73. The van der Waals surface area contributed by atoms with Gasteiger partial charge in [0, 0.05) is 12.6 Å². The normalized spacial score (nSPS) is 18.2. The van der Waals surface area contributed by atoms with Gasteiger partial charge < -0.3 is 34.9 Å². The molecule has 3 amide bonds. The van der Waals surface area contributed by atoms with E-state index in [1.54, 1.807) is 32.9 Å². The van der Waals surface area contributed by atoms with Gasteiger partial charge in [-0.25, -0.2) is 14.4 Å². The first-order chi connectivity index (χ1) is 17.1. The third-order valence-electron chi connectivity index (χ3n) is 5.58. The van der Waals surface area contributed by atoms with Crippen molar-refractivity contribution in [3.8, 4) is 0 Å². The molecule has 0 saturated carbocycles. The molecule has 1 aromatic rings. The minimum Gasteiger partial charge on any atom is -0.467 e. The molecular formula is C25H37N3O8. The zero-order valence-electron chi connectivity index (χ0n) is 21.3. The molecule has 1 aromatic carbocycles. The van der Waals surface area contributed by atoms with E-state index in [9.17, 15) is 24.3 Å². The van der Waals surface area contributed by atoms with Gasteiger partial charge >= 0.3 is 18.2 Å². The van der Waals surface area contributed by atoms with Crippen molar-refractivity contribution in [2.45, 2.75) is 76.8 Å². The number of hydrogen-bond donors (Lipinski definition) is 3. The fourth-order valence-corrected chi connectivity index (χ4v) is 3.98. The highest BCUT2D eigenvalue weighted by Crippen LogP contribution is 2.29. The predicted molar refractivity (Wildman–Crippen MR) is 130 cm³/mol. The molecule has 1 aliphatic rings. The zero-order chi connectivity index (χ0) is 26.7. The largest absolute Gasteiger partial charge is 0.467 e. The van der Waals surface area contributed by atoms with E-state index in [-0.39, 0.29) is 25.8 Å². The van der Waals surface area contributed by atoms with E-state index in [0.29, 0.717) is 25.7 Å². The lowest BCUT2D eigenvalue weighted by Crippen LogP contribution is -2.58. The molecule has 11 nitrogen and oxygen atoms in total. The van der Waals surface area contributed by atoms with Gasteiger partial charge in [0.1, 0.15) is 24.3 Å². The first-order valence-electron chi connectivity index (χ1n) is 12.0. The molecule has 1 unspecified atom stereocenters. The Morgan fingerprint density at radius 2 is 1.81 bits per heavy atom. The molecular weight excluding hydrogens is 470 g/mol. The molecule has 0 spiro atoms. The number of nitrogens with one attached hydrogen (secondary N) is 2. The topological polar surface area (TPSA) is 144 Å². The third kappa shape index (κ3) is 9.03. The maximum atomic E-state index is 13.6. The number of amides is 3. The average Bonchev–Trinajstić information content (AvgIpc) is 3.26. The molecule has 1 aliphatic heterocycles. The monoisotopic (exact) mass is 507 g/mol. The Morgan fingerprint density at radius 3 is 2.42 bits per heavy atom. The molecule has 11 heteroatoms. The van der Waals surface area contributed by atoms with E-state index in [1.165, 1.54) is 12.0 Å². The molecule has 1 fully saturated rings. The standard InChI is InChI=1S/C25H37N3O8/c1-25(2,3)36-24(33)27-19(15-26-23(32)35-16-17-9-6-5-7-10-17)21(30)28-18(11-8-14-29)12-13-20(28)22(31)34-4/h5-7,9-10,18-20,29H,8,11-16H2,1-4H3,(H,26,32)(H,27,33)/t18?,19-,20-/m0/s1. The van der Waals surface area contributed by atoms with Gasteiger partial charge in [0.2, 0.25) is 5.91 Å². The number of rotatable bonds is 10. The summed E-state index contributed by atoms with van der Waals surface area (Å²) in [5, 5.41) is 14.3. The van der Waals surface area contributed by atoms with Crippen LogP contribution in [0.5, 0.6) is 0 Å². The summed E-state index contributed by atoms with van der Waals surface area (Å²) in [6.07, 6.45) is 0.224. The second kappa shape index (κ2) is 13.7. The maximum Gasteiger partial charge on any atom is 0.408 e. The number of likely N-dealkylation sites (tertiary alicyclic amines) is 1. The molecule has 1 heterocycles. The van der Waals surface area contributed by atoms with Crippen LogP contribution >= 0.6 is 0 Å². The molecule has 1 saturated heterocycles. The quantitative estimate of drug-likeness (QED) is 0.323. The Hall–Kier alpha value is -3.34. The van der Waals surface area contributed by atoms with E-state index in [1.807, 2.05) is 18.2 Å². The van der Waals surface area contributed by atoms with Crippen molar-refractivity contribution in [3.05, 3.63) is 35.9 Å². The van der Waals surface area contributed by atoms with Gasteiger partial charge in [-0.1, -0.05) is 30.3 Å². The number of hydrogen-bond acceptors (Lipinski definition) is 8. The van der Waals surface area contributed by atoms with Crippen LogP contribution in [0.25, 0.3) is 0 Å². The van der Waals surface area contributed by atoms with Gasteiger partial charge in [-0.3, -0.25) is 4.79 Å². The summed E-state index contributed by atoms with van der Waals surface area (Å²) >= 11 is 0. The lowest BCUT2D eigenvalue weighted by atomic mass is 10.1. The molecule has 3 atom stereocenters. The number of benzene rings is 1. The molecule has 0 bridgehead atoms. The third-order valence-corrected chi connectivity index (χ3v) is 5.58. The summed E-state index contributed by atoms with van der Waals surface area (Å²) in [6, 6.07) is 6.68. The van der Waals surface area contributed by atoms with Crippen molar-refractivity contribution in [2.24, 2.45) is 0 Å². The highest BCUT2D eigenvalue weighted by Gasteiger charge is 2.44. The fourth-order valence-electron chi connectivity index (χ4n) is 3.98. The van der Waals surface area contributed by atoms with E-state index in [0.717, 1.165) is 5.56 Å². The van der Waals surface area contributed by atoms with E-state index in [4.69, 9.17) is 14.2 Å². The maximum absolute atomic E-state index is 13.6. The van der Waals surface area contributed by atoms with Gasteiger partial charge in [-0.05, 0) is 52.0 Å². The highest BCUT2D eigenvalue weighted by atomic mass is 16.6. The van der Waals surface area contributed by atoms with Crippen LogP contribution in [0.3, 0.4) is 0 Å². The van der Waals surface area contributed by atoms with E-state index in [2.05, 4.69) is 10.6 Å². The number of aliphatic hydroxyl groups is 1. The lowest BCUT2D eigenvalue weighted by Gasteiger charge is -2.33. The molecule has 36 heavy (non-hydrogen) atoms. The smallest absolute Gasteiger partial charge is 0.408 e. The van der Waals surface area contributed by atoms with Crippen LogP contribution < -0.4 is 10.6 Å². The number of carbonyl (C=O) groups excluding carboxylic acids is 4. The number of alkyl carbamates (subject to hydrolysis) is 2. The Bertz CT molecular complexity index is 887. The van der Waals surface area contributed by atoms with Crippen LogP contribution in [0.1, 0.15) is 52.0 Å². The fraction of sp³-hybridized carbons (Fsp3) is 0.600. The van der Waals surface area contributed by atoms with E-state index < -0.39 is 41.7 Å².